The Balaban J connectivity index is 1.45. The van der Waals surface area contributed by atoms with Crippen molar-refractivity contribution in [3.63, 3.8) is 0 Å². The molecule has 0 amide bonds. The second kappa shape index (κ2) is 8.32. The molecule has 4 rings (SSSR count). The molecule has 3 heterocycles. The van der Waals surface area contributed by atoms with E-state index in [1.807, 2.05) is 23.6 Å². The third-order valence-corrected chi connectivity index (χ3v) is 8.50. The summed E-state index contributed by atoms with van der Waals surface area (Å²) >= 11 is 5.49. The zero-order valence-electron chi connectivity index (χ0n) is 16.1. The van der Waals surface area contributed by atoms with Crippen molar-refractivity contribution in [3.05, 3.63) is 50.4 Å². The monoisotopic (exact) mass is 448 g/mol. The van der Waals surface area contributed by atoms with E-state index in [1.165, 1.54) is 45.6 Å². The molecular formula is C22H29BrN2OS. The maximum Gasteiger partial charge on any atom is 0.0691 e. The Bertz CT molecular complexity index is 737. The molecule has 0 bridgehead atoms. The van der Waals surface area contributed by atoms with Crippen LogP contribution in [0.4, 0.5) is 0 Å². The number of aryl methyl sites for hydroxylation is 1. The van der Waals surface area contributed by atoms with E-state index in [0.29, 0.717) is 0 Å². The van der Waals surface area contributed by atoms with Gasteiger partial charge in [0, 0.05) is 44.7 Å². The van der Waals surface area contributed by atoms with E-state index < -0.39 is 0 Å². The molecule has 3 nitrogen and oxygen atoms in total. The molecule has 1 aliphatic carbocycles. The third kappa shape index (κ3) is 4.31. The summed E-state index contributed by atoms with van der Waals surface area (Å²) in [5, 5.41) is 3.68. The lowest BCUT2D eigenvalue weighted by Gasteiger charge is -2.46. The summed E-state index contributed by atoms with van der Waals surface area (Å²) < 4.78 is 7.57. The Hall–Kier alpha value is -0.750. The van der Waals surface area contributed by atoms with Crippen LogP contribution in [0.2, 0.25) is 0 Å². The minimum atomic E-state index is 0.103. The zero-order chi connectivity index (χ0) is 18.7. The first-order valence-electron chi connectivity index (χ1n) is 10.1. The van der Waals surface area contributed by atoms with E-state index in [-0.39, 0.29) is 11.0 Å². The summed E-state index contributed by atoms with van der Waals surface area (Å²) in [5.74, 6) is 0. The molecule has 146 valence electrons. The lowest BCUT2D eigenvalue weighted by atomic mass is 9.68. The molecule has 2 aromatic heterocycles. The van der Waals surface area contributed by atoms with Gasteiger partial charge in [0.25, 0.3) is 0 Å². The fourth-order valence-electron chi connectivity index (χ4n) is 4.94. The zero-order valence-corrected chi connectivity index (χ0v) is 18.5. The van der Waals surface area contributed by atoms with E-state index in [4.69, 9.17) is 9.72 Å². The molecule has 0 radical (unpaired) electrons. The molecule has 1 N–H and O–H groups in total. The lowest BCUT2D eigenvalue weighted by Crippen LogP contribution is -2.47. The highest BCUT2D eigenvalue weighted by atomic mass is 79.9. The van der Waals surface area contributed by atoms with E-state index in [2.05, 4.69) is 46.4 Å². The number of hydrogen-bond donors (Lipinski definition) is 1. The van der Waals surface area contributed by atoms with Crippen molar-refractivity contribution >= 4 is 27.3 Å². The van der Waals surface area contributed by atoms with Crippen LogP contribution in [0.15, 0.2) is 34.9 Å². The van der Waals surface area contributed by atoms with E-state index in [1.54, 1.807) is 0 Å². The average molecular weight is 449 g/mol. The van der Waals surface area contributed by atoms with Crippen molar-refractivity contribution in [2.75, 3.05) is 13.2 Å². The molecule has 1 atom stereocenters. The van der Waals surface area contributed by atoms with Crippen LogP contribution in [0.1, 0.15) is 60.4 Å². The standard InChI is InChI=1S/C22H29BrN2OS/c1-17-19(23)14-18(27-17)15-24-12-9-21(20-6-2-5-11-25-20)10-13-26-22(16-21)7-3-4-8-22/h2,5-6,11,14,24H,3-4,7-10,12-13,15-16H2,1H3/t21-/m1/s1. The van der Waals surface area contributed by atoms with Crippen LogP contribution in [0, 0.1) is 6.92 Å². The van der Waals surface area contributed by atoms with Crippen LogP contribution >= 0.6 is 27.3 Å². The fraction of sp³-hybridized carbons (Fsp3) is 0.591. The van der Waals surface area contributed by atoms with Gasteiger partial charge < -0.3 is 10.1 Å². The topological polar surface area (TPSA) is 34.2 Å². The molecule has 2 fully saturated rings. The molecule has 2 aliphatic rings. The van der Waals surface area contributed by atoms with Crippen LogP contribution < -0.4 is 5.32 Å². The van der Waals surface area contributed by atoms with E-state index in [0.717, 1.165) is 39.0 Å². The lowest BCUT2D eigenvalue weighted by molar-refractivity contribution is -0.104. The first kappa shape index (κ1) is 19.6. The highest BCUT2D eigenvalue weighted by Gasteiger charge is 2.48. The molecule has 0 aromatic carbocycles. The maximum atomic E-state index is 6.34. The molecule has 1 spiro atoms. The van der Waals surface area contributed by atoms with Gasteiger partial charge in [0.1, 0.15) is 0 Å². The predicted octanol–water partition coefficient (Wildman–Crippen LogP) is 5.75. The number of halogens is 1. The molecule has 1 saturated carbocycles. The quantitative estimate of drug-likeness (QED) is 0.570. The molecule has 0 unspecified atom stereocenters. The van der Waals surface area contributed by atoms with Gasteiger partial charge in [-0.05, 0) is 79.7 Å². The van der Waals surface area contributed by atoms with Gasteiger partial charge in [-0.1, -0.05) is 18.9 Å². The van der Waals surface area contributed by atoms with Crippen molar-refractivity contribution in [1.82, 2.24) is 10.3 Å². The second-order valence-electron chi connectivity index (χ2n) is 8.20. The maximum absolute atomic E-state index is 6.34. The molecule has 2 aromatic rings. The minimum Gasteiger partial charge on any atom is -0.375 e. The van der Waals surface area contributed by atoms with Crippen LogP contribution in [0.3, 0.4) is 0 Å². The number of hydrogen-bond acceptors (Lipinski definition) is 4. The van der Waals surface area contributed by atoms with Crippen molar-refractivity contribution in [2.45, 2.75) is 69.4 Å². The van der Waals surface area contributed by atoms with Crippen molar-refractivity contribution in [1.29, 1.82) is 0 Å². The Morgan fingerprint density at radius 1 is 1.26 bits per heavy atom. The van der Waals surface area contributed by atoms with Crippen molar-refractivity contribution in [3.8, 4) is 0 Å². The highest BCUT2D eigenvalue weighted by Crippen LogP contribution is 2.49. The van der Waals surface area contributed by atoms with Gasteiger partial charge >= 0.3 is 0 Å². The number of nitrogens with zero attached hydrogens (tertiary/aromatic N) is 1. The SMILES string of the molecule is Cc1sc(CNCC[C@@]2(c3ccccn3)CCOC3(CCCC3)C2)cc1Br. The normalized spacial score (nSPS) is 24.5. The van der Waals surface area contributed by atoms with Gasteiger partial charge in [-0.2, -0.15) is 0 Å². The fourth-order valence-corrected chi connectivity index (χ4v) is 6.51. The van der Waals surface area contributed by atoms with Crippen LogP contribution in [-0.4, -0.2) is 23.7 Å². The summed E-state index contributed by atoms with van der Waals surface area (Å²) in [7, 11) is 0. The number of pyridine rings is 1. The Labute approximate surface area is 175 Å². The average Bonchev–Trinajstić information content (AvgIpc) is 3.26. The molecule has 1 saturated heterocycles. The summed E-state index contributed by atoms with van der Waals surface area (Å²) in [6, 6.07) is 8.63. The van der Waals surface area contributed by atoms with Gasteiger partial charge in [0.05, 0.1) is 5.60 Å². The smallest absolute Gasteiger partial charge is 0.0691 e. The first-order chi connectivity index (χ1) is 13.1. The number of ether oxygens (including phenoxy) is 1. The molecule has 1 aliphatic heterocycles. The number of aromatic nitrogens is 1. The molecule has 5 heteroatoms. The second-order valence-corrected chi connectivity index (χ2v) is 10.4. The number of nitrogens with one attached hydrogen (secondary N) is 1. The van der Waals surface area contributed by atoms with Gasteiger partial charge in [0.2, 0.25) is 0 Å². The molecular weight excluding hydrogens is 420 g/mol. The van der Waals surface area contributed by atoms with E-state index in [9.17, 15) is 0 Å². The van der Waals surface area contributed by atoms with E-state index >= 15 is 0 Å². The van der Waals surface area contributed by atoms with Crippen LogP contribution in [0.25, 0.3) is 0 Å². The van der Waals surface area contributed by atoms with Gasteiger partial charge in [0.15, 0.2) is 0 Å². The predicted molar refractivity (Wildman–Crippen MR) is 115 cm³/mol. The summed E-state index contributed by atoms with van der Waals surface area (Å²) in [4.78, 5) is 7.54. The minimum absolute atomic E-state index is 0.103. The van der Waals surface area contributed by atoms with Crippen molar-refractivity contribution < 1.29 is 4.74 Å². The Kier molecular flexibility index (Phi) is 6.03. The third-order valence-electron chi connectivity index (χ3n) is 6.36. The summed E-state index contributed by atoms with van der Waals surface area (Å²) in [5.41, 5.74) is 1.50. The van der Waals surface area contributed by atoms with Gasteiger partial charge in [-0.3, -0.25) is 4.98 Å². The number of thiophene rings is 1. The number of rotatable bonds is 6. The Morgan fingerprint density at radius 2 is 2.11 bits per heavy atom. The summed E-state index contributed by atoms with van der Waals surface area (Å²) in [6.45, 7) is 4.99. The first-order valence-corrected chi connectivity index (χ1v) is 11.7. The van der Waals surface area contributed by atoms with Gasteiger partial charge in [-0.25, -0.2) is 0 Å². The van der Waals surface area contributed by atoms with Crippen LogP contribution in [0.5, 0.6) is 0 Å². The Morgan fingerprint density at radius 3 is 2.81 bits per heavy atom. The van der Waals surface area contributed by atoms with Gasteiger partial charge in [-0.15, -0.1) is 11.3 Å². The summed E-state index contributed by atoms with van der Waals surface area (Å²) in [6.07, 6.45) is 10.3. The van der Waals surface area contributed by atoms with Crippen molar-refractivity contribution in [2.24, 2.45) is 0 Å². The highest BCUT2D eigenvalue weighted by molar-refractivity contribution is 9.10. The largest absolute Gasteiger partial charge is 0.375 e. The van der Waals surface area contributed by atoms with Crippen LogP contribution in [-0.2, 0) is 16.7 Å². The molecule has 27 heavy (non-hydrogen) atoms.